The van der Waals surface area contributed by atoms with Crippen molar-refractivity contribution in [3.8, 4) is 5.75 Å². The maximum atomic E-state index is 12.4. The van der Waals surface area contributed by atoms with Crippen molar-refractivity contribution in [2.75, 3.05) is 65.6 Å². The monoisotopic (exact) mass is 361 g/mol. The summed E-state index contributed by atoms with van der Waals surface area (Å²) in [6, 6.07) is 7.66. The summed E-state index contributed by atoms with van der Waals surface area (Å²) >= 11 is 0. The Morgan fingerprint density at radius 2 is 1.58 bits per heavy atom. The Morgan fingerprint density at radius 3 is 2.23 bits per heavy atom. The molecule has 0 N–H and O–H groups in total. The second kappa shape index (κ2) is 9.00. The van der Waals surface area contributed by atoms with Crippen molar-refractivity contribution >= 4 is 11.8 Å². The molecule has 7 heteroatoms. The van der Waals surface area contributed by atoms with Gasteiger partial charge in [-0.3, -0.25) is 14.5 Å². The first-order valence-electron chi connectivity index (χ1n) is 9.17. The van der Waals surface area contributed by atoms with E-state index >= 15 is 0 Å². The van der Waals surface area contributed by atoms with E-state index in [0.29, 0.717) is 45.9 Å². The minimum absolute atomic E-state index is 0.0338. The maximum Gasteiger partial charge on any atom is 0.260 e. The van der Waals surface area contributed by atoms with Crippen molar-refractivity contribution in [2.24, 2.45) is 0 Å². The fourth-order valence-electron chi connectivity index (χ4n) is 3.20. The van der Waals surface area contributed by atoms with Gasteiger partial charge in [-0.25, -0.2) is 0 Å². The van der Waals surface area contributed by atoms with E-state index in [2.05, 4.69) is 4.90 Å². The van der Waals surface area contributed by atoms with Crippen LogP contribution in [-0.2, 0) is 14.3 Å². The van der Waals surface area contributed by atoms with Crippen LogP contribution >= 0.6 is 0 Å². The van der Waals surface area contributed by atoms with Gasteiger partial charge in [0.1, 0.15) is 5.75 Å². The molecule has 2 fully saturated rings. The van der Waals surface area contributed by atoms with Gasteiger partial charge in [0, 0.05) is 39.3 Å². The second-order valence-corrected chi connectivity index (χ2v) is 6.70. The smallest absolute Gasteiger partial charge is 0.260 e. The average molecular weight is 361 g/mol. The van der Waals surface area contributed by atoms with Gasteiger partial charge in [-0.15, -0.1) is 0 Å². The number of carbonyl (C=O) groups excluding carboxylic acids is 2. The first-order valence-corrected chi connectivity index (χ1v) is 9.17. The normalized spacial score (nSPS) is 18.7. The number of nitrogens with zero attached hydrogens (tertiary/aromatic N) is 3. The molecule has 0 radical (unpaired) electrons. The largest absolute Gasteiger partial charge is 0.484 e. The number of amides is 2. The molecule has 142 valence electrons. The molecule has 1 aromatic rings. The zero-order valence-corrected chi connectivity index (χ0v) is 15.4. The second-order valence-electron chi connectivity index (χ2n) is 6.70. The van der Waals surface area contributed by atoms with Crippen molar-refractivity contribution in [1.29, 1.82) is 0 Å². The van der Waals surface area contributed by atoms with Gasteiger partial charge in [0.2, 0.25) is 5.91 Å². The maximum absolute atomic E-state index is 12.4. The van der Waals surface area contributed by atoms with E-state index in [-0.39, 0.29) is 18.4 Å². The Labute approximate surface area is 154 Å². The summed E-state index contributed by atoms with van der Waals surface area (Å²) in [5.74, 6) is 0.837. The van der Waals surface area contributed by atoms with Crippen LogP contribution in [0.25, 0.3) is 0 Å². The van der Waals surface area contributed by atoms with Gasteiger partial charge in [-0.05, 0) is 18.6 Å². The molecular weight excluding hydrogens is 334 g/mol. The molecule has 3 rings (SSSR count). The highest BCUT2D eigenvalue weighted by Crippen LogP contribution is 2.16. The third-order valence-corrected chi connectivity index (χ3v) is 4.89. The quantitative estimate of drug-likeness (QED) is 0.759. The summed E-state index contributed by atoms with van der Waals surface area (Å²) in [6.07, 6.45) is 0. The highest BCUT2D eigenvalue weighted by atomic mass is 16.5. The number of carbonyl (C=O) groups is 2. The molecule has 2 heterocycles. The van der Waals surface area contributed by atoms with Crippen LogP contribution in [0.2, 0.25) is 0 Å². The third kappa shape index (κ3) is 4.95. The molecule has 2 saturated heterocycles. The summed E-state index contributed by atoms with van der Waals surface area (Å²) in [5, 5.41) is 0. The number of benzene rings is 1. The van der Waals surface area contributed by atoms with Crippen molar-refractivity contribution < 1.29 is 19.1 Å². The molecule has 7 nitrogen and oxygen atoms in total. The Kier molecular flexibility index (Phi) is 6.46. The standard InChI is InChI=1S/C19H27N3O4/c1-16-4-2-3-5-17(16)26-15-19(24)22-8-6-21(7-9-22)18(23)14-20-10-12-25-13-11-20/h2-5H,6-15H2,1H3. The molecular formula is C19H27N3O4. The van der Waals surface area contributed by atoms with Crippen molar-refractivity contribution in [3.05, 3.63) is 29.8 Å². The van der Waals surface area contributed by atoms with E-state index < -0.39 is 0 Å². The van der Waals surface area contributed by atoms with Crippen LogP contribution < -0.4 is 4.74 Å². The van der Waals surface area contributed by atoms with Gasteiger partial charge in [0.05, 0.1) is 19.8 Å². The summed E-state index contributed by atoms with van der Waals surface area (Å²) < 4.78 is 10.9. The molecule has 1 aromatic carbocycles. The molecule has 0 bridgehead atoms. The van der Waals surface area contributed by atoms with Gasteiger partial charge in [-0.1, -0.05) is 18.2 Å². The molecule has 2 aliphatic heterocycles. The summed E-state index contributed by atoms with van der Waals surface area (Å²) in [4.78, 5) is 30.5. The zero-order chi connectivity index (χ0) is 18.4. The van der Waals surface area contributed by atoms with Crippen LogP contribution in [0, 0.1) is 6.92 Å². The minimum Gasteiger partial charge on any atom is -0.484 e. The van der Waals surface area contributed by atoms with Crippen LogP contribution in [0.15, 0.2) is 24.3 Å². The molecule has 0 aromatic heterocycles. The molecule has 2 amide bonds. The van der Waals surface area contributed by atoms with E-state index in [1.54, 1.807) is 4.90 Å². The molecule has 0 saturated carbocycles. The first kappa shape index (κ1) is 18.7. The van der Waals surface area contributed by atoms with Gasteiger partial charge < -0.3 is 19.3 Å². The number of hydrogen-bond donors (Lipinski definition) is 0. The van der Waals surface area contributed by atoms with Gasteiger partial charge in [0.25, 0.3) is 5.91 Å². The van der Waals surface area contributed by atoms with Crippen LogP contribution in [0.1, 0.15) is 5.56 Å². The lowest BCUT2D eigenvalue weighted by Crippen LogP contribution is -2.54. The molecule has 2 aliphatic rings. The Balaban J connectivity index is 1.40. The lowest BCUT2D eigenvalue weighted by molar-refractivity contribution is -0.141. The lowest BCUT2D eigenvalue weighted by Gasteiger charge is -2.36. The van der Waals surface area contributed by atoms with Crippen LogP contribution in [0.4, 0.5) is 0 Å². The number of aryl methyl sites for hydroxylation is 1. The van der Waals surface area contributed by atoms with Crippen molar-refractivity contribution in [1.82, 2.24) is 14.7 Å². The lowest BCUT2D eigenvalue weighted by atomic mass is 10.2. The number of morpholine rings is 1. The Morgan fingerprint density at radius 1 is 0.962 bits per heavy atom. The summed E-state index contributed by atoms with van der Waals surface area (Å²) in [6.45, 7) is 7.71. The third-order valence-electron chi connectivity index (χ3n) is 4.89. The van der Waals surface area contributed by atoms with E-state index in [4.69, 9.17) is 9.47 Å². The number of para-hydroxylation sites is 1. The van der Waals surface area contributed by atoms with Crippen molar-refractivity contribution in [3.63, 3.8) is 0 Å². The van der Waals surface area contributed by atoms with Gasteiger partial charge >= 0.3 is 0 Å². The predicted molar refractivity (Wildman–Crippen MR) is 97.1 cm³/mol. The predicted octanol–water partition coefficient (Wildman–Crippen LogP) is 0.377. The minimum atomic E-state index is -0.0338. The average Bonchev–Trinajstić information content (AvgIpc) is 2.68. The van der Waals surface area contributed by atoms with Crippen LogP contribution in [-0.4, -0.2) is 92.1 Å². The van der Waals surface area contributed by atoms with E-state index in [9.17, 15) is 9.59 Å². The molecule has 26 heavy (non-hydrogen) atoms. The number of hydrogen-bond acceptors (Lipinski definition) is 5. The fraction of sp³-hybridized carbons (Fsp3) is 0.579. The summed E-state index contributed by atoms with van der Waals surface area (Å²) in [7, 11) is 0. The van der Waals surface area contributed by atoms with Crippen LogP contribution in [0.5, 0.6) is 5.75 Å². The van der Waals surface area contributed by atoms with E-state index in [1.807, 2.05) is 36.1 Å². The molecule has 0 aliphatic carbocycles. The first-order chi connectivity index (χ1) is 12.6. The van der Waals surface area contributed by atoms with Crippen LogP contribution in [0.3, 0.4) is 0 Å². The van der Waals surface area contributed by atoms with Gasteiger partial charge in [0.15, 0.2) is 6.61 Å². The molecule has 0 atom stereocenters. The number of piperazine rings is 1. The highest BCUT2D eigenvalue weighted by molar-refractivity contribution is 5.80. The number of ether oxygens (including phenoxy) is 2. The fourth-order valence-corrected chi connectivity index (χ4v) is 3.20. The summed E-state index contributed by atoms with van der Waals surface area (Å²) in [5.41, 5.74) is 1.01. The Hall–Kier alpha value is -2.12. The number of rotatable bonds is 5. The SMILES string of the molecule is Cc1ccccc1OCC(=O)N1CCN(C(=O)CN2CCOCC2)CC1. The Bertz CT molecular complexity index is 623. The van der Waals surface area contributed by atoms with E-state index in [0.717, 1.165) is 24.4 Å². The van der Waals surface area contributed by atoms with E-state index in [1.165, 1.54) is 0 Å². The zero-order valence-electron chi connectivity index (χ0n) is 15.4. The van der Waals surface area contributed by atoms with Crippen molar-refractivity contribution in [2.45, 2.75) is 6.92 Å². The van der Waals surface area contributed by atoms with Gasteiger partial charge in [-0.2, -0.15) is 0 Å². The molecule has 0 spiro atoms. The molecule has 0 unspecified atom stereocenters. The highest BCUT2D eigenvalue weighted by Gasteiger charge is 2.25. The topological polar surface area (TPSA) is 62.3 Å².